The fourth-order valence-electron chi connectivity index (χ4n) is 3.77. The van der Waals surface area contributed by atoms with Gasteiger partial charge in [0.05, 0.1) is 12.7 Å². The first-order valence-corrected chi connectivity index (χ1v) is 13.2. The van der Waals surface area contributed by atoms with Gasteiger partial charge < -0.3 is 10.1 Å². The predicted octanol–water partition coefficient (Wildman–Crippen LogP) is 3.38. The number of rotatable bonds is 9. The van der Waals surface area contributed by atoms with E-state index in [0.29, 0.717) is 44.9 Å². The highest BCUT2D eigenvalue weighted by atomic mass is 32.2. The number of nitrogens with zero attached hydrogens (tertiary/aromatic N) is 1. The van der Waals surface area contributed by atoms with Gasteiger partial charge in [-0.05, 0) is 42.0 Å². The number of esters is 1. The van der Waals surface area contributed by atoms with E-state index in [9.17, 15) is 18.0 Å². The summed E-state index contributed by atoms with van der Waals surface area (Å²) in [6.45, 7) is 7.78. The fraction of sp³-hybridized carbons (Fsp3) is 0.478. The molecule has 1 aromatic carbocycles. The Bertz CT molecular complexity index is 1110. The molecule has 0 saturated heterocycles. The zero-order chi connectivity index (χ0) is 24.2. The molecule has 2 heterocycles. The second-order valence-corrected chi connectivity index (χ2v) is 11.6. The maximum atomic E-state index is 13.0. The summed E-state index contributed by atoms with van der Waals surface area (Å²) in [4.78, 5) is 26.8. The first kappa shape index (κ1) is 25.4. The van der Waals surface area contributed by atoms with E-state index in [-0.39, 0.29) is 15.7 Å². The van der Waals surface area contributed by atoms with E-state index in [1.807, 2.05) is 38.1 Å². The van der Waals surface area contributed by atoms with Crippen molar-refractivity contribution in [3.8, 4) is 0 Å². The van der Waals surface area contributed by atoms with Gasteiger partial charge >= 0.3 is 5.97 Å². The fourth-order valence-corrected chi connectivity index (χ4v) is 6.78. The molecule has 0 saturated carbocycles. The van der Waals surface area contributed by atoms with Crippen molar-refractivity contribution in [2.75, 3.05) is 25.5 Å². The number of thiophene rings is 1. The molecule has 3 rings (SSSR count). The second-order valence-electron chi connectivity index (χ2n) is 8.58. The Morgan fingerprint density at radius 3 is 2.52 bits per heavy atom. The van der Waals surface area contributed by atoms with Crippen LogP contribution in [0.4, 0.5) is 5.69 Å². The third-order valence-electron chi connectivity index (χ3n) is 5.43. The monoisotopic (exact) mass is 493 g/mol. The van der Waals surface area contributed by atoms with Crippen LogP contribution >= 0.6 is 11.3 Å². The number of sulfonamides is 1. The molecule has 0 spiro atoms. The maximum Gasteiger partial charge on any atom is 0.340 e. The lowest BCUT2D eigenvalue weighted by Gasteiger charge is -2.27. The summed E-state index contributed by atoms with van der Waals surface area (Å²) >= 11 is 1.15. The Morgan fingerprint density at radius 2 is 1.91 bits per heavy atom. The minimum Gasteiger partial charge on any atom is -0.465 e. The highest BCUT2D eigenvalue weighted by molar-refractivity contribution is 7.91. The number of carbonyl (C=O) groups is 2. The Labute approximate surface area is 199 Å². The smallest absolute Gasteiger partial charge is 0.340 e. The number of methoxy groups -OCH3 is 1. The summed E-state index contributed by atoms with van der Waals surface area (Å²) in [5.74, 6) is -0.362. The van der Waals surface area contributed by atoms with Gasteiger partial charge in [-0.25, -0.2) is 17.9 Å². The average Bonchev–Trinajstić information content (AvgIpc) is 3.13. The minimum absolute atomic E-state index is 0.0459. The van der Waals surface area contributed by atoms with E-state index in [2.05, 4.69) is 14.9 Å². The first-order chi connectivity index (χ1) is 15.6. The van der Waals surface area contributed by atoms with E-state index in [1.54, 1.807) is 0 Å². The number of ether oxygens (including phenoxy) is 1. The molecule has 33 heavy (non-hydrogen) atoms. The zero-order valence-electron chi connectivity index (χ0n) is 19.4. The molecular formula is C23H31N3O5S2. The van der Waals surface area contributed by atoms with Gasteiger partial charge in [0.2, 0.25) is 5.91 Å². The Kier molecular flexibility index (Phi) is 8.28. The van der Waals surface area contributed by atoms with Crippen LogP contribution in [-0.4, -0.2) is 45.4 Å². The molecule has 1 aliphatic heterocycles. The van der Waals surface area contributed by atoms with Crippen LogP contribution < -0.4 is 10.0 Å². The van der Waals surface area contributed by atoms with Crippen LogP contribution in [0.1, 0.15) is 53.6 Å². The molecule has 180 valence electrons. The number of hydrogen-bond acceptors (Lipinski definition) is 7. The number of benzene rings is 1. The summed E-state index contributed by atoms with van der Waals surface area (Å²) in [6, 6.07) is 7.65. The van der Waals surface area contributed by atoms with Gasteiger partial charge in [0, 0.05) is 43.7 Å². The molecular weight excluding hydrogens is 462 g/mol. The topological polar surface area (TPSA) is 105 Å². The van der Waals surface area contributed by atoms with Gasteiger partial charge in [-0.1, -0.05) is 26.0 Å². The van der Waals surface area contributed by atoms with E-state index in [4.69, 9.17) is 4.74 Å². The van der Waals surface area contributed by atoms with E-state index in [0.717, 1.165) is 33.0 Å². The molecule has 1 aromatic heterocycles. The summed E-state index contributed by atoms with van der Waals surface area (Å²) in [6.07, 6.45) is 1.29. The molecule has 0 atom stereocenters. The third-order valence-corrected chi connectivity index (χ3v) is 8.63. The molecule has 2 aromatic rings. The largest absolute Gasteiger partial charge is 0.465 e. The first-order valence-electron chi connectivity index (χ1n) is 10.9. The van der Waals surface area contributed by atoms with Crippen molar-refractivity contribution in [3.05, 3.63) is 45.8 Å². The second kappa shape index (κ2) is 10.8. The van der Waals surface area contributed by atoms with Gasteiger partial charge in [-0.3, -0.25) is 9.69 Å². The molecule has 1 amide bonds. The standard InChI is InChI=1S/C23H31N3O5S2/c1-15(2)9-11-24-33(29,30)23-21(22(28)31-4)19-10-12-26(14-20(19)32-23)13-17-5-7-18(8-6-17)25-16(3)27/h5-8,15,24H,9-14H2,1-4H3,(H,25,27). The van der Waals surface area contributed by atoms with Crippen molar-refractivity contribution in [1.82, 2.24) is 9.62 Å². The Morgan fingerprint density at radius 1 is 1.21 bits per heavy atom. The van der Waals surface area contributed by atoms with E-state index < -0.39 is 16.0 Å². The molecule has 2 N–H and O–H groups in total. The van der Waals surface area contributed by atoms with Gasteiger partial charge in [-0.2, -0.15) is 0 Å². The Hall–Kier alpha value is -2.27. The number of amides is 1. The maximum absolute atomic E-state index is 13.0. The summed E-state index contributed by atoms with van der Waals surface area (Å²) in [5, 5.41) is 2.75. The van der Waals surface area contributed by atoms with Crippen LogP contribution in [0.3, 0.4) is 0 Å². The van der Waals surface area contributed by atoms with E-state index >= 15 is 0 Å². The Balaban J connectivity index is 1.79. The molecule has 0 radical (unpaired) electrons. The normalized spacial score (nSPS) is 14.2. The molecule has 8 nitrogen and oxygen atoms in total. The molecule has 10 heteroatoms. The van der Waals surface area contributed by atoms with Crippen LogP contribution in [0.15, 0.2) is 28.5 Å². The van der Waals surface area contributed by atoms with Crippen molar-refractivity contribution in [2.24, 2.45) is 5.92 Å². The van der Waals surface area contributed by atoms with Crippen LogP contribution in [0, 0.1) is 5.92 Å². The SMILES string of the molecule is COC(=O)c1c(S(=O)(=O)NCCC(C)C)sc2c1CCN(Cc1ccc(NC(C)=O)cc1)C2. The quantitative estimate of drug-likeness (QED) is 0.519. The van der Waals surface area contributed by atoms with Crippen molar-refractivity contribution in [1.29, 1.82) is 0 Å². The lowest BCUT2D eigenvalue weighted by Crippen LogP contribution is -2.30. The molecule has 0 bridgehead atoms. The van der Waals surface area contributed by atoms with E-state index in [1.165, 1.54) is 14.0 Å². The minimum atomic E-state index is -3.81. The van der Waals surface area contributed by atoms with Crippen molar-refractivity contribution in [2.45, 2.75) is 50.9 Å². The lowest BCUT2D eigenvalue weighted by atomic mass is 10.0. The van der Waals surface area contributed by atoms with Gasteiger partial charge in [0.1, 0.15) is 4.21 Å². The van der Waals surface area contributed by atoms with Gasteiger partial charge in [0.25, 0.3) is 10.0 Å². The molecule has 1 aliphatic rings. The number of carbonyl (C=O) groups excluding carboxylic acids is 2. The molecule has 0 unspecified atom stereocenters. The lowest BCUT2D eigenvalue weighted by molar-refractivity contribution is -0.114. The van der Waals surface area contributed by atoms with Crippen LogP contribution in [-0.2, 0) is 39.1 Å². The highest BCUT2D eigenvalue weighted by Crippen LogP contribution is 2.37. The summed E-state index contributed by atoms with van der Waals surface area (Å²) in [7, 11) is -2.54. The molecule has 0 fully saturated rings. The van der Waals surface area contributed by atoms with Crippen molar-refractivity contribution < 1.29 is 22.7 Å². The number of nitrogens with one attached hydrogen (secondary N) is 2. The predicted molar refractivity (Wildman–Crippen MR) is 129 cm³/mol. The van der Waals surface area contributed by atoms with Crippen molar-refractivity contribution >= 4 is 38.9 Å². The summed E-state index contributed by atoms with van der Waals surface area (Å²) < 4.78 is 33.6. The van der Waals surface area contributed by atoms with Gasteiger partial charge in [0.15, 0.2) is 0 Å². The average molecular weight is 494 g/mol. The number of anilines is 1. The highest BCUT2D eigenvalue weighted by Gasteiger charge is 2.33. The van der Waals surface area contributed by atoms with Crippen LogP contribution in [0.5, 0.6) is 0 Å². The van der Waals surface area contributed by atoms with Crippen LogP contribution in [0.2, 0.25) is 0 Å². The zero-order valence-corrected chi connectivity index (χ0v) is 21.1. The van der Waals surface area contributed by atoms with Gasteiger partial charge in [-0.15, -0.1) is 11.3 Å². The summed E-state index contributed by atoms with van der Waals surface area (Å²) in [5.41, 5.74) is 2.77. The number of fused-ring (bicyclic) bond motifs is 1. The van der Waals surface area contributed by atoms with Crippen molar-refractivity contribution in [3.63, 3.8) is 0 Å². The number of hydrogen-bond donors (Lipinski definition) is 2. The van der Waals surface area contributed by atoms with Crippen LogP contribution in [0.25, 0.3) is 0 Å². The third kappa shape index (κ3) is 6.41. The molecule has 0 aliphatic carbocycles.